The highest BCUT2D eigenvalue weighted by Crippen LogP contribution is 2.27. The third-order valence-electron chi connectivity index (χ3n) is 3.11. The largest absolute Gasteiger partial charge is 0.497 e. The summed E-state index contributed by atoms with van der Waals surface area (Å²) in [5.74, 6) is 3.07. The third-order valence-corrected chi connectivity index (χ3v) is 4.71. The van der Waals surface area contributed by atoms with Crippen LogP contribution in [0.3, 0.4) is 0 Å². The molecule has 0 radical (unpaired) electrons. The SMILES string of the molecule is COc1cccc(Oc2ccc(OCc3ccc(Br)s3)cc2)c1. The first kappa shape index (κ1) is 15.9. The molecule has 0 saturated carbocycles. The van der Waals surface area contributed by atoms with Gasteiger partial charge in [-0.15, -0.1) is 11.3 Å². The minimum Gasteiger partial charge on any atom is -0.497 e. The van der Waals surface area contributed by atoms with Crippen molar-refractivity contribution in [2.24, 2.45) is 0 Å². The van der Waals surface area contributed by atoms with Gasteiger partial charge in [0.2, 0.25) is 0 Å². The molecule has 0 unspecified atom stereocenters. The summed E-state index contributed by atoms with van der Waals surface area (Å²) in [6.45, 7) is 0.562. The van der Waals surface area contributed by atoms with Gasteiger partial charge in [-0.05, 0) is 64.5 Å². The number of thiophene rings is 1. The Morgan fingerprint density at radius 3 is 2.30 bits per heavy atom. The molecule has 118 valence electrons. The van der Waals surface area contributed by atoms with Crippen LogP contribution in [0.4, 0.5) is 0 Å². The van der Waals surface area contributed by atoms with E-state index in [-0.39, 0.29) is 0 Å². The summed E-state index contributed by atoms with van der Waals surface area (Å²) in [6, 6.07) is 19.2. The van der Waals surface area contributed by atoms with Gasteiger partial charge in [0.15, 0.2) is 0 Å². The quantitative estimate of drug-likeness (QED) is 0.524. The van der Waals surface area contributed by atoms with Gasteiger partial charge >= 0.3 is 0 Å². The van der Waals surface area contributed by atoms with E-state index in [0.29, 0.717) is 6.61 Å². The zero-order chi connectivity index (χ0) is 16.1. The second-order valence-electron chi connectivity index (χ2n) is 4.75. The van der Waals surface area contributed by atoms with E-state index >= 15 is 0 Å². The first-order valence-corrected chi connectivity index (χ1v) is 8.63. The van der Waals surface area contributed by atoms with Crippen LogP contribution in [0.1, 0.15) is 4.88 Å². The van der Waals surface area contributed by atoms with E-state index in [9.17, 15) is 0 Å². The molecule has 0 aliphatic heterocycles. The Bertz CT molecular complexity index is 768. The maximum absolute atomic E-state index is 5.80. The van der Waals surface area contributed by atoms with Crippen LogP contribution in [0, 0.1) is 0 Å². The van der Waals surface area contributed by atoms with Crippen molar-refractivity contribution in [2.45, 2.75) is 6.61 Å². The second-order valence-corrected chi connectivity index (χ2v) is 7.29. The summed E-state index contributed by atoms with van der Waals surface area (Å²) >= 11 is 5.12. The van der Waals surface area contributed by atoms with Crippen LogP contribution in [-0.2, 0) is 6.61 Å². The Morgan fingerprint density at radius 1 is 0.870 bits per heavy atom. The van der Waals surface area contributed by atoms with E-state index in [0.717, 1.165) is 26.8 Å². The molecule has 0 saturated heterocycles. The Kier molecular flexibility index (Phi) is 5.20. The predicted molar refractivity (Wildman–Crippen MR) is 95.9 cm³/mol. The van der Waals surface area contributed by atoms with E-state index in [1.165, 1.54) is 4.88 Å². The monoisotopic (exact) mass is 390 g/mol. The summed E-state index contributed by atoms with van der Waals surface area (Å²) in [4.78, 5) is 1.17. The summed E-state index contributed by atoms with van der Waals surface area (Å²) in [5, 5.41) is 0. The van der Waals surface area contributed by atoms with Crippen molar-refractivity contribution in [1.29, 1.82) is 0 Å². The molecule has 0 bridgehead atoms. The second kappa shape index (κ2) is 7.53. The zero-order valence-corrected chi connectivity index (χ0v) is 14.9. The molecule has 0 amide bonds. The lowest BCUT2D eigenvalue weighted by atomic mass is 10.3. The maximum Gasteiger partial charge on any atom is 0.131 e. The van der Waals surface area contributed by atoms with Crippen molar-refractivity contribution in [3.05, 3.63) is 69.3 Å². The fraction of sp³-hybridized carbons (Fsp3) is 0.111. The van der Waals surface area contributed by atoms with Gasteiger partial charge in [-0.1, -0.05) is 6.07 Å². The van der Waals surface area contributed by atoms with Crippen LogP contribution >= 0.6 is 27.3 Å². The molecular weight excluding hydrogens is 376 g/mol. The lowest BCUT2D eigenvalue weighted by molar-refractivity contribution is 0.309. The highest BCUT2D eigenvalue weighted by Gasteiger charge is 2.02. The molecule has 0 aliphatic carbocycles. The fourth-order valence-corrected chi connectivity index (χ4v) is 3.38. The van der Waals surface area contributed by atoms with Gasteiger partial charge in [0.25, 0.3) is 0 Å². The number of methoxy groups -OCH3 is 1. The molecule has 23 heavy (non-hydrogen) atoms. The minimum atomic E-state index is 0.562. The van der Waals surface area contributed by atoms with Crippen molar-refractivity contribution in [3.8, 4) is 23.0 Å². The van der Waals surface area contributed by atoms with Gasteiger partial charge in [-0.2, -0.15) is 0 Å². The van der Waals surface area contributed by atoms with E-state index < -0.39 is 0 Å². The molecule has 3 aromatic rings. The average Bonchev–Trinajstić information content (AvgIpc) is 3.00. The van der Waals surface area contributed by atoms with Gasteiger partial charge < -0.3 is 14.2 Å². The first-order valence-electron chi connectivity index (χ1n) is 7.02. The molecule has 3 rings (SSSR count). The molecule has 0 atom stereocenters. The minimum absolute atomic E-state index is 0.562. The maximum atomic E-state index is 5.80. The Labute approximate surface area is 147 Å². The number of halogens is 1. The Balaban J connectivity index is 1.60. The van der Waals surface area contributed by atoms with Gasteiger partial charge in [-0.25, -0.2) is 0 Å². The molecule has 1 aromatic heterocycles. The van der Waals surface area contributed by atoms with Crippen molar-refractivity contribution >= 4 is 27.3 Å². The number of hydrogen-bond donors (Lipinski definition) is 0. The first-order chi connectivity index (χ1) is 11.2. The zero-order valence-electron chi connectivity index (χ0n) is 12.5. The topological polar surface area (TPSA) is 27.7 Å². The number of ether oxygens (including phenoxy) is 3. The molecule has 0 aliphatic rings. The molecule has 1 heterocycles. The summed E-state index contributed by atoms with van der Waals surface area (Å²) < 4.78 is 17.9. The van der Waals surface area contributed by atoms with Crippen molar-refractivity contribution in [3.63, 3.8) is 0 Å². The van der Waals surface area contributed by atoms with Crippen molar-refractivity contribution < 1.29 is 14.2 Å². The number of hydrogen-bond acceptors (Lipinski definition) is 4. The van der Waals surface area contributed by atoms with E-state index in [1.807, 2.05) is 54.6 Å². The van der Waals surface area contributed by atoms with Crippen molar-refractivity contribution in [2.75, 3.05) is 7.11 Å². The highest BCUT2D eigenvalue weighted by atomic mass is 79.9. The van der Waals surface area contributed by atoms with Crippen LogP contribution < -0.4 is 14.2 Å². The third kappa shape index (κ3) is 4.50. The fourth-order valence-electron chi connectivity index (χ4n) is 1.99. The highest BCUT2D eigenvalue weighted by molar-refractivity contribution is 9.11. The number of rotatable bonds is 6. The normalized spacial score (nSPS) is 10.3. The Hall–Kier alpha value is -1.98. The average molecular weight is 391 g/mol. The predicted octanol–water partition coefficient (Wildman–Crippen LogP) is 5.89. The summed E-state index contributed by atoms with van der Waals surface area (Å²) in [6.07, 6.45) is 0. The molecule has 2 aromatic carbocycles. The van der Waals surface area contributed by atoms with E-state index in [4.69, 9.17) is 14.2 Å². The molecule has 0 spiro atoms. The molecule has 3 nitrogen and oxygen atoms in total. The van der Waals surface area contributed by atoms with Crippen molar-refractivity contribution in [1.82, 2.24) is 0 Å². The van der Waals surface area contributed by atoms with Crippen LogP contribution in [0.15, 0.2) is 64.5 Å². The van der Waals surface area contributed by atoms with Gasteiger partial charge in [-0.3, -0.25) is 0 Å². The van der Waals surface area contributed by atoms with E-state index in [1.54, 1.807) is 18.4 Å². The molecule has 0 N–H and O–H groups in total. The van der Waals surface area contributed by atoms with E-state index in [2.05, 4.69) is 22.0 Å². The standard InChI is InChI=1S/C18H15BrO3S/c1-20-15-3-2-4-16(11-15)22-14-7-5-13(6-8-14)21-12-17-9-10-18(19)23-17/h2-11H,12H2,1H3. The summed E-state index contributed by atoms with van der Waals surface area (Å²) in [7, 11) is 1.64. The van der Waals surface area contributed by atoms with Crippen LogP contribution in [0.5, 0.6) is 23.0 Å². The molecule has 0 fully saturated rings. The molecular formula is C18H15BrO3S. The van der Waals surface area contributed by atoms with Crippen LogP contribution in [-0.4, -0.2) is 7.11 Å². The van der Waals surface area contributed by atoms with Crippen LogP contribution in [0.2, 0.25) is 0 Å². The van der Waals surface area contributed by atoms with Crippen LogP contribution in [0.25, 0.3) is 0 Å². The number of benzene rings is 2. The molecule has 5 heteroatoms. The Morgan fingerprint density at radius 2 is 1.61 bits per heavy atom. The van der Waals surface area contributed by atoms with Gasteiger partial charge in [0.05, 0.1) is 10.9 Å². The summed E-state index contributed by atoms with van der Waals surface area (Å²) in [5.41, 5.74) is 0. The lowest BCUT2D eigenvalue weighted by Crippen LogP contribution is -1.92. The van der Waals surface area contributed by atoms with Gasteiger partial charge in [0, 0.05) is 10.9 Å². The smallest absolute Gasteiger partial charge is 0.131 e. The van der Waals surface area contributed by atoms with Gasteiger partial charge in [0.1, 0.15) is 29.6 Å². The lowest BCUT2D eigenvalue weighted by Gasteiger charge is -2.09.